The highest BCUT2D eigenvalue weighted by molar-refractivity contribution is 7.18. The van der Waals surface area contributed by atoms with Gasteiger partial charge in [-0.3, -0.25) is 4.79 Å². The molecule has 5 rings (SSSR count). The third-order valence-electron chi connectivity index (χ3n) is 5.75. The molecule has 0 bridgehead atoms. The van der Waals surface area contributed by atoms with Crippen molar-refractivity contribution in [1.29, 1.82) is 0 Å². The van der Waals surface area contributed by atoms with Crippen molar-refractivity contribution in [1.82, 2.24) is 0 Å². The number of benzene rings is 3. The van der Waals surface area contributed by atoms with E-state index >= 15 is 0 Å². The van der Waals surface area contributed by atoms with Gasteiger partial charge in [0.2, 0.25) is 5.91 Å². The minimum Gasteiger partial charge on any atom is -0.465 e. The molecule has 6 heteroatoms. The average Bonchev–Trinajstić information content (AvgIpc) is 3.35. The van der Waals surface area contributed by atoms with Crippen LogP contribution in [0, 0.1) is 0 Å². The predicted octanol–water partition coefficient (Wildman–Crippen LogP) is 6.14. The van der Waals surface area contributed by atoms with E-state index in [-0.39, 0.29) is 5.91 Å². The standard InChI is InChI=1S/C26H18ClNO3S/c1-31-24(29)23-21-20(22(32-23)16-12-14-19(27)15-13-16)26(25(30)28-21,17-8-4-2-5-9-17)18-10-6-3-7-11-18/h2-15H,1H3,(H,28,30). The third kappa shape index (κ3) is 2.97. The largest absolute Gasteiger partial charge is 0.465 e. The number of hydrogen-bond acceptors (Lipinski definition) is 4. The summed E-state index contributed by atoms with van der Waals surface area (Å²) in [4.78, 5) is 27.7. The highest BCUT2D eigenvalue weighted by Gasteiger charge is 2.53. The molecule has 4 aromatic rings. The molecular formula is C26H18ClNO3S. The van der Waals surface area contributed by atoms with E-state index in [0.717, 1.165) is 27.1 Å². The first-order valence-electron chi connectivity index (χ1n) is 10.0. The summed E-state index contributed by atoms with van der Waals surface area (Å²) in [6.07, 6.45) is 0. The number of nitrogens with one attached hydrogen (secondary N) is 1. The Bertz CT molecular complexity index is 1280. The van der Waals surface area contributed by atoms with Gasteiger partial charge in [-0.2, -0.15) is 0 Å². The lowest BCUT2D eigenvalue weighted by Crippen LogP contribution is -2.37. The summed E-state index contributed by atoms with van der Waals surface area (Å²) in [5, 5.41) is 3.63. The Labute approximate surface area is 194 Å². The number of hydrogen-bond donors (Lipinski definition) is 1. The SMILES string of the molecule is COC(=O)c1sc(-c2ccc(Cl)cc2)c2c1NC(=O)C2(c1ccccc1)c1ccccc1. The van der Waals surface area contributed by atoms with E-state index in [2.05, 4.69) is 5.32 Å². The Hall–Kier alpha value is -3.41. The van der Waals surface area contributed by atoms with Crippen molar-refractivity contribution in [3.63, 3.8) is 0 Å². The second-order valence-electron chi connectivity index (χ2n) is 7.44. The van der Waals surface area contributed by atoms with E-state index in [1.54, 1.807) is 12.1 Å². The zero-order valence-electron chi connectivity index (χ0n) is 17.1. The first kappa shape index (κ1) is 20.5. The number of carbonyl (C=O) groups excluding carboxylic acids is 2. The van der Waals surface area contributed by atoms with Crippen LogP contribution in [-0.2, 0) is 14.9 Å². The molecule has 0 atom stereocenters. The van der Waals surface area contributed by atoms with Gasteiger partial charge in [0, 0.05) is 15.5 Å². The zero-order chi connectivity index (χ0) is 22.3. The molecule has 0 spiro atoms. The fourth-order valence-corrected chi connectivity index (χ4v) is 5.73. The van der Waals surface area contributed by atoms with Gasteiger partial charge in [0.25, 0.3) is 0 Å². The van der Waals surface area contributed by atoms with Gasteiger partial charge in [0.05, 0.1) is 12.8 Å². The Kier molecular flexibility index (Phi) is 5.08. The van der Waals surface area contributed by atoms with Gasteiger partial charge in [-0.1, -0.05) is 84.4 Å². The molecule has 1 aromatic heterocycles. The maximum atomic E-state index is 13.8. The van der Waals surface area contributed by atoms with E-state index in [1.807, 2.05) is 72.8 Å². The molecule has 0 fully saturated rings. The van der Waals surface area contributed by atoms with Crippen molar-refractivity contribution in [2.75, 3.05) is 12.4 Å². The number of halogens is 1. The fourth-order valence-electron chi connectivity index (χ4n) is 4.36. The van der Waals surface area contributed by atoms with Crippen LogP contribution in [0.1, 0.15) is 26.4 Å². The van der Waals surface area contributed by atoms with Gasteiger partial charge in [-0.25, -0.2) is 4.79 Å². The summed E-state index contributed by atoms with van der Waals surface area (Å²) in [6, 6.07) is 26.7. The van der Waals surface area contributed by atoms with Crippen LogP contribution in [0.15, 0.2) is 84.9 Å². The van der Waals surface area contributed by atoms with E-state index in [4.69, 9.17) is 16.3 Å². The molecule has 4 nitrogen and oxygen atoms in total. The van der Waals surface area contributed by atoms with Crippen LogP contribution >= 0.6 is 22.9 Å². The van der Waals surface area contributed by atoms with E-state index < -0.39 is 11.4 Å². The van der Waals surface area contributed by atoms with Crippen LogP contribution in [0.25, 0.3) is 10.4 Å². The number of fused-ring (bicyclic) bond motifs is 1. The number of ether oxygens (including phenoxy) is 1. The number of esters is 1. The first-order valence-corrected chi connectivity index (χ1v) is 11.2. The molecule has 0 radical (unpaired) electrons. The molecule has 0 saturated heterocycles. The van der Waals surface area contributed by atoms with Gasteiger partial charge in [-0.05, 0) is 28.8 Å². The Balaban J connectivity index is 1.91. The number of carbonyl (C=O) groups is 2. The zero-order valence-corrected chi connectivity index (χ0v) is 18.7. The molecule has 1 aliphatic rings. The Morgan fingerprint density at radius 1 is 0.906 bits per heavy atom. The lowest BCUT2D eigenvalue weighted by molar-refractivity contribution is -0.118. The highest BCUT2D eigenvalue weighted by atomic mass is 35.5. The molecule has 1 N–H and O–H groups in total. The van der Waals surface area contributed by atoms with Crippen molar-refractivity contribution < 1.29 is 14.3 Å². The minimum absolute atomic E-state index is 0.201. The Morgan fingerprint density at radius 3 is 2.00 bits per heavy atom. The van der Waals surface area contributed by atoms with E-state index in [9.17, 15) is 9.59 Å². The van der Waals surface area contributed by atoms with Crippen molar-refractivity contribution in [3.8, 4) is 10.4 Å². The second-order valence-corrected chi connectivity index (χ2v) is 8.90. The van der Waals surface area contributed by atoms with Crippen LogP contribution in [0.4, 0.5) is 5.69 Å². The first-order chi connectivity index (χ1) is 15.6. The molecule has 1 amide bonds. The van der Waals surface area contributed by atoms with Crippen molar-refractivity contribution >= 4 is 40.5 Å². The minimum atomic E-state index is -1.12. The Morgan fingerprint density at radius 2 is 1.47 bits per heavy atom. The molecule has 0 aliphatic carbocycles. The van der Waals surface area contributed by atoms with Crippen LogP contribution in [0.2, 0.25) is 5.02 Å². The van der Waals surface area contributed by atoms with Crippen LogP contribution in [-0.4, -0.2) is 19.0 Å². The number of anilines is 1. The summed E-state index contributed by atoms with van der Waals surface area (Å²) < 4.78 is 5.04. The third-order valence-corrected chi connectivity index (χ3v) is 7.22. The van der Waals surface area contributed by atoms with Gasteiger partial charge in [-0.15, -0.1) is 11.3 Å². The van der Waals surface area contributed by atoms with E-state index in [0.29, 0.717) is 15.6 Å². The molecule has 2 heterocycles. The maximum Gasteiger partial charge on any atom is 0.350 e. The molecule has 158 valence electrons. The molecule has 3 aromatic carbocycles. The molecule has 0 unspecified atom stereocenters. The second kappa shape index (κ2) is 7.93. The normalized spacial score (nSPS) is 14.0. The van der Waals surface area contributed by atoms with Crippen molar-refractivity contribution in [3.05, 3.63) is 112 Å². The highest BCUT2D eigenvalue weighted by Crippen LogP contribution is 2.56. The van der Waals surface area contributed by atoms with Gasteiger partial charge in [0.1, 0.15) is 10.3 Å². The quantitative estimate of drug-likeness (QED) is 0.373. The van der Waals surface area contributed by atoms with Gasteiger partial charge in [0.15, 0.2) is 0 Å². The smallest absolute Gasteiger partial charge is 0.350 e. The number of thiophene rings is 1. The maximum absolute atomic E-state index is 13.8. The summed E-state index contributed by atoms with van der Waals surface area (Å²) >= 11 is 7.44. The fraction of sp³-hybridized carbons (Fsp3) is 0.0769. The summed E-state index contributed by atoms with van der Waals surface area (Å²) in [5.41, 5.74) is 2.67. The number of amides is 1. The average molecular weight is 460 g/mol. The monoisotopic (exact) mass is 459 g/mol. The predicted molar refractivity (Wildman–Crippen MR) is 128 cm³/mol. The van der Waals surface area contributed by atoms with Gasteiger partial charge < -0.3 is 10.1 Å². The van der Waals surface area contributed by atoms with Crippen molar-refractivity contribution in [2.45, 2.75) is 5.41 Å². The molecular weight excluding hydrogens is 442 g/mol. The molecule has 32 heavy (non-hydrogen) atoms. The van der Waals surface area contributed by atoms with Gasteiger partial charge >= 0.3 is 5.97 Å². The molecule has 0 saturated carbocycles. The lowest BCUT2D eigenvalue weighted by atomic mass is 9.69. The summed E-state index contributed by atoms with van der Waals surface area (Å²) in [5.74, 6) is -0.684. The lowest BCUT2D eigenvalue weighted by Gasteiger charge is -2.29. The van der Waals surface area contributed by atoms with Crippen LogP contribution < -0.4 is 5.32 Å². The topological polar surface area (TPSA) is 55.4 Å². The number of rotatable bonds is 4. The van der Waals surface area contributed by atoms with Crippen LogP contribution in [0.5, 0.6) is 0 Å². The number of methoxy groups -OCH3 is 1. The summed E-state index contributed by atoms with van der Waals surface area (Å²) in [6.45, 7) is 0. The molecule has 1 aliphatic heterocycles. The van der Waals surface area contributed by atoms with Crippen molar-refractivity contribution in [2.24, 2.45) is 0 Å². The summed E-state index contributed by atoms with van der Waals surface area (Å²) in [7, 11) is 1.34. The van der Waals surface area contributed by atoms with Crippen LogP contribution in [0.3, 0.4) is 0 Å². The van der Waals surface area contributed by atoms with E-state index in [1.165, 1.54) is 18.4 Å².